The maximum atomic E-state index is 9.01. The van der Waals surface area contributed by atoms with Crippen molar-refractivity contribution in [2.45, 2.75) is 18.4 Å². The Morgan fingerprint density at radius 1 is 1.23 bits per heavy atom. The maximum Gasteiger partial charge on any atom is 0.0742 e. The van der Waals surface area contributed by atoms with E-state index in [-0.39, 0.29) is 5.92 Å². The Morgan fingerprint density at radius 3 is 2.59 bits per heavy atom. The summed E-state index contributed by atoms with van der Waals surface area (Å²) in [6.45, 7) is 6.57. The van der Waals surface area contributed by atoms with E-state index in [9.17, 15) is 0 Å². The van der Waals surface area contributed by atoms with Crippen molar-refractivity contribution in [1.29, 1.82) is 0 Å². The van der Waals surface area contributed by atoms with Gasteiger partial charge in [0.25, 0.3) is 0 Å². The lowest BCUT2D eigenvalue weighted by atomic mass is 9.76. The van der Waals surface area contributed by atoms with Crippen LogP contribution in [0.5, 0.6) is 0 Å². The molecule has 2 aromatic carbocycles. The zero-order chi connectivity index (χ0) is 15.6. The average Bonchev–Trinajstić information content (AvgIpc) is 2.55. The summed E-state index contributed by atoms with van der Waals surface area (Å²) in [6.07, 6.45) is 1.88. The first-order valence-electron chi connectivity index (χ1n) is 7.30. The third-order valence-electron chi connectivity index (χ3n) is 4.29. The Hall–Kier alpha value is -2.71. The van der Waals surface area contributed by atoms with Gasteiger partial charge in [-0.3, -0.25) is 0 Å². The molecule has 2 aromatic rings. The summed E-state index contributed by atoms with van der Waals surface area (Å²) < 4.78 is 0. The third-order valence-corrected chi connectivity index (χ3v) is 4.29. The predicted octanol–water partition coefficient (Wildman–Crippen LogP) is 5.18. The van der Waals surface area contributed by atoms with E-state index >= 15 is 0 Å². The number of azide groups is 1. The Morgan fingerprint density at radius 2 is 1.91 bits per heavy atom. The Kier molecular flexibility index (Phi) is 3.61. The zero-order valence-corrected chi connectivity index (χ0v) is 12.6. The summed E-state index contributed by atoms with van der Waals surface area (Å²) in [7, 11) is 0. The fraction of sp³-hybridized carbons (Fsp3) is 0.222. The maximum absolute atomic E-state index is 9.01. The first kappa shape index (κ1) is 14.2. The highest BCUT2D eigenvalue weighted by Crippen LogP contribution is 2.46. The summed E-state index contributed by atoms with van der Waals surface area (Å²) >= 11 is 0. The van der Waals surface area contributed by atoms with E-state index in [2.05, 4.69) is 45.8 Å². The van der Waals surface area contributed by atoms with Gasteiger partial charge in [0.2, 0.25) is 0 Å². The molecule has 110 valence electrons. The van der Waals surface area contributed by atoms with Crippen LogP contribution in [0.3, 0.4) is 0 Å². The van der Waals surface area contributed by atoms with Crippen LogP contribution in [-0.4, -0.2) is 12.1 Å². The number of anilines is 2. The Bertz CT molecular complexity index is 734. The molecule has 1 heterocycles. The second-order valence-electron chi connectivity index (χ2n) is 5.74. The lowest BCUT2D eigenvalue weighted by molar-refractivity contribution is 0.414. The fourth-order valence-electron chi connectivity index (χ4n) is 3.25. The number of rotatable bonds is 3. The molecular weight excluding hydrogens is 272 g/mol. The molecule has 0 fully saturated rings. The van der Waals surface area contributed by atoms with Crippen LogP contribution in [-0.2, 0) is 0 Å². The quantitative estimate of drug-likeness (QED) is 0.332. The second-order valence-corrected chi connectivity index (χ2v) is 5.74. The largest absolute Gasteiger partial charge is 0.341 e. The highest BCUT2D eigenvalue weighted by molar-refractivity contribution is 5.70. The molecule has 4 heteroatoms. The molecule has 0 unspecified atom stereocenters. The summed E-state index contributed by atoms with van der Waals surface area (Å²) in [4.78, 5) is 5.29. The summed E-state index contributed by atoms with van der Waals surface area (Å²) in [5.41, 5.74) is 11.8. The van der Waals surface area contributed by atoms with Crippen LogP contribution in [0.15, 0.2) is 72.4 Å². The zero-order valence-electron chi connectivity index (χ0n) is 12.6. The van der Waals surface area contributed by atoms with Crippen molar-refractivity contribution in [2.24, 2.45) is 5.11 Å². The van der Waals surface area contributed by atoms with Crippen LogP contribution in [0.4, 0.5) is 11.4 Å². The number of hydrogen-bond donors (Lipinski definition) is 0. The van der Waals surface area contributed by atoms with E-state index in [1.165, 1.54) is 0 Å². The molecule has 4 nitrogen and oxygen atoms in total. The predicted molar refractivity (Wildman–Crippen MR) is 90.4 cm³/mol. The Balaban J connectivity index is 2.20. The van der Waals surface area contributed by atoms with E-state index in [1.54, 1.807) is 0 Å². The third kappa shape index (κ3) is 2.24. The minimum Gasteiger partial charge on any atom is -0.341 e. The van der Waals surface area contributed by atoms with Gasteiger partial charge in [-0.25, -0.2) is 0 Å². The highest BCUT2D eigenvalue weighted by Gasteiger charge is 2.41. The molecule has 0 saturated carbocycles. The lowest BCUT2D eigenvalue weighted by Crippen LogP contribution is -2.45. The molecule has 1 aliphatic rings. The molecule has 22 heavy (non-hydrogen) atoms. The van der Waals surface area contributed by atoms with Gasteiger partial charge in [-0.2, -0.15) is 0 Å². The smallest absolute Gasteiger partial charge is 0.0742 e. The van der Waals surface area contributed by atoms with Gasteiger partial charge < -0.3 is 4.90 Å². The van der Waals surface area contributed by atoms with E-state index in [0.29, 0.717) is 6.54 Å². The van der Waals surface area contributed by atoms with Gasteiger partial charge in [-0.1, -0.05) is 54.5 Å². The van der Waals surface area contributed by atoms with Crippen molar-refractivity contribution in [3.63, 3.8) is 0 Å². The SMILES string of the molecule is C=C[C@H]1c2ccccc2N(c2ccccc2)C[C@@]1(C)N=[N+]=[N-]. The molecular formula is C18H18N4. The van der Waals surface area contributed by atoms with Crippen molar-refractivity contribution in [3.05, 3.63) is 83.3 Å². The lowest BCUT2D eigenvalue weighted by Gasteiger charge is -2.44. The first-order valence-corrected chi connectivity index (χ1v) is 7.30. The van der Waals surface area contributed by atoms with Gasteiger partial charge in [-0.15, -0.1) is 6.58 Å². The molecule has 2 atom stereocenters. The van der Waals surface area contributed by atoms with E-state index < -0.39 is 5.54 Å². The van der Waals surface area contributed by atoms with Crippen molar-refractivity contribution >= 4 is 11.4 Å². The van der Waals surface area contributed by atoms with Gasteiger partial charge in [0, 0.05) is 28.7 Å². The molecule has 1 aliphatic heterocycles. The second kappa shape index (κ2) is 5.58. The standard InChI is InChI=1S/C18H18N4/c1-3-16-15-11-7-8-12-17(15)22(13-18(16,2)20-21-19)14-9-5-4-6-10-14/h3-12,16H,1,13H2,2H3/t16-,18+/m0/s1. The van der Waals surface area contributed by atoms with Gasteiger partial charge >= 0.3 is 0 Å². The van der Waals surface area contributed by atoms with E-state index in [0.717, 1.165) is 16.9 Å². The number of fused-ring (bicyclic) bond motifs is 1. The monoisotopic (exact) mass is 290 g/mol. The topological polar surface area (TPSA) is 52.0 Å². The molecule has 0 radical (unpaired) electrons. The van der Waals surface area contributed by atoms with E-state index in [1.807, 2.05) is 43.3 Å². The van der Waals surface area contributed by atoms with Crippen LogP contribution in [0, 0.1) is 0 Å². The van der Waals surface area contributed by atoms with Gasteiger partial charge in [0.15, 0.2) is 0 Å². The van der Waals surface area contributed by atoms with E-state index in [4.69, 9.17) is 5.53 Å². The minimum atomic E-state index is -0.569. The number of nitrogens with zero attached hydrogens (tertiary/aromatic N) is 4. The number of para-hydroxylation sites is 2. The normalized spacial score (nSPS) is 23.3. The van der Waals surface area contributed by atoms with Crippen molar-refractivity contribution in [3.8, 4) is 0 Å². The van der Waals surface area contributed by atoms with Crippen molar-refractivity contribution in [1.82, 2.24) is 0 Å². The number of benzene rings is 2. The van der Waals surface area contributed by atoms with Gasteiger partial charge in [0.05, 0.1) is 5.54 Å². The molecule has 0 saturated heterocycles. The Labute approximate surface area is 130 Å². The molecule has 0 aliphatic carbocycles. The highest BCUT2D eigenvalue weighted by atomic mass is 15.2. The van der Waals surface area contributed by atoms with Crippen molar-refractivity contribution < 1.29 is 0 Å². The fourth-order valence-corrected chi connectivity index (χ4v) is 3.25. The minimum absolute atomic E-state index is 0.000405. The molecule has 0 N–H and O–H groups in total. The van der Waals surface area contributed by atoms with Crippen LogP contribution in [0.1, 0.15) is 18.4 Å². The van der Waals surface area contributed by atoms with Gasteiger partial charge in [0.1, 0.15) is 0 Å². The molecule has 0 amide bonds. The van der Waals surface area contributed by atoms with Crippen LogP contribution in [0.2, 0.25) is 0 Å². The molecule has 0 aromatic heterocycles. The number of hydrogen-bond acceptors (Lipinski definition) is 2. The van der Waals surface area contributed by atoms with Crippen LogP contribution >= 0.6 is 0 Å². The average molecular weight is 290 g/mol. The van der Waals surface area contributed by atoms with Crippen molar-refractivity contribution in [2.75, 3.05) is 11.4 Å². The summed E-state index contributed by atoms with van der Waals surface area (Å²) in [5.74, 6) is -0.000405. The summed E-state index contributed by atoms with van der Waals surface area (Å²) in [5, 5.41) is 4.11. The van der Waals surface area contributed by atoms with Gasteiger partial charge in [-0.05, 0) is 29.3 Å². The molecule has 0 bridgehead atoms. The van der Waals surface area contributed by atoms with Crippen LogP contribution in [0.25, 0.3) is 10.4 Å². The molecule has 3 rings (SSSR count). The summed E-state index contributed by atoms with van der Waals surface area (Å²) in [6, 6.07) is 18.4. The first-order chi connectivity index (χ1) is 10.7. The molecule has 0 spiro atoms. The van der Waals surface area contributed by atoms with Crippen LogP contribution < -0.4 is 4.90 Å².